The molecule has 0 heterocycles. The van der Waals surface area contributed by atoms with Crippen LogP contribution in [0, 0.1) is 0 Å². The van der Waals surface area contributed by atoms with Gasteiger partial charge in [0.05, 0.1) is 7.11 Å². The van der Waals surface area contributed by atoms with Crippen molar-refractivity contribution in [3.05, 3.63) is 65.2 Å². The van der Waals surface area contributed by atoms with E-state index in [0.717, 1.165) is 28.8 Å². The SMILES string of the molecule is C=C(Br)CCNC(C)c1ccc(-c2ccccc2OC)cc1. The molecule has 2 aromatic carbocycles. The minimum atomic E-state index is 0.318. The van der Waals surface area contributed by atoms with Crippen molar-refractivity contribution >= 4 is 15.9 Å². The van der Waals surface area contributed by atoms with Gasteiger partial charge in [0.25, 0.3) is 0 Å². The zero-order valence-electron chi connectivity index (χ0n) is 13.1. The van der Waals surface area contributed by atoms with Gasteiger partial charge in [0.2, 0.25) is 0 Å². The molecular formula is C19H22BrNO. The Balaban J connectivity index is 2.08. The van der Waals surface area contributed by atoms with Gasteiger partial charge < -0.3 is 10.1 Å². The molecule has 0 aromatic heterocycles. The summed E-state index contributed by atoms with van der Waals surface area (Å²) in [6.07, 6.45) is 0.934. The van der Waals surface area contributed by atoms with Gasteiger partial charge in [0.1, 0.15) is 5.75 Å². The van der Waals surface area contributed by atoms with E-state index in [1.54, 1.807) is 7.11 Å². The van der Waals surface area contributed by atoms with E-state index in [-0.39, 0.29) is 0 Å². The molecule has 0 saturated heterocycles. The minimum absolute atomic E-state index is 0.318. The average Bonchev–Trinajstić information content (AvgIpc) is 2.54. The van der Waals surface area contributed by atoms with E-state index < -0.39 is 0 Å². The first-order valence-electron chi connectivity index (χ1n) is 7.42. The van der Waals surface area contributed by atoms with Crippen molar-refractivity contribution in [2.45, 2.75) is 19.4 Å². The maximum atomic E-state index is 5.43. The van der Waals surface area contributed by atoms with Gasteiger partial charge in [-0.1, -0.05) is 65.0 Å². The molecule has 0 saturated carbocycles. The maximum Gasteiger partial charge on any atom is 0.126 e. The smallest absolute Gasteiger partial charge is 0.126 e. The van der Waals surface area contributed by atoms with Crippen LogP contribution in [0.1, 0.15) is 24.9 Å². The third-order valence-corrected chi connectivity index (χ3v) is 4.07. The average molecular weight is 360 g/mol. The Bertz CT molecular complexity index is 622. The predicted molar refractivity (Wildman–Crippen MR) is 97.5 cm³/mol. The van der Waals surface area contributed by atoms with Crippen molar-refractivity contribution in [2.24, 2.45) is 0 Å². The van der Waals surface area contributed by atoms with Crippen LogP contribution in [0.3, 0.4) is 0 Å². The summed E-state index contributed by atoms with van der Waals surface area (Å²) in [6.45, 7) is 6.94. The van der Waals surface area contributed by atoms with Crippen molar-refractivity contribution in [2.75, 3.05) is 13.7 Å². The molecule has 0 amide bonds. The lowest BCUT2D eigenvalue weighted by atomic mass is 10.0. The lowest BCUT2D eigenvalue weighted by Gasteiger charge is -2.15. The van der Waals surface area contributed by atoms with Crippen molar-refractivity contribution in [1.82, 2.24) is 5.32 Å². The Kier molecular flexibility index (Phi) is 6.22. The lowest BCUT2D eigenvalue weighted by molar-refractivity contribution is 0.416. The molecule has 116 valence electrons. The molecule has 2 aromatic rings. The summed E-state index contributed by atoms with van der Waals surface area (Å²) >= 11 is 3.38. The standard InChI is InChI=1S/C19H22BrNO/c1-14(20)12-13-21-15(2)16-8-10-17(11-9-16)18-6-4-5-7-19(18)22-3/h4-11,15,21H,1,12-13H2,2-3H3. The molecule has 0 aliphatic rings. The molecule has 0 aliphatic carbocycles. The van der Waals surface area contributed by atoms with E-state index in [0.29, 0.717) is 6.04 Å². The summed E-state index contributed by atoms with van der Waals surface area (Å²) in [5.41, 5.74) is 3.56. The van der Waals surface area contributed by atoms with Crippen molar-refractivity contribution in [3.63, 3.8) is 0 Å². The monoisotopic (exact) mass is 359 g/mol. The number of hydrogen-bond donors (Lipinski definition) is 1. The van der Waals surface area contributed by atoms with Crippen LogP contribution in [-0.2, 0) is 0 Å². The normalized spacial score (nSPS) is 12.0. The number of benzene rings is 2. The number of ether oxygens (including phenoxy) is 1. The Hall–Kier alpha value is -1.58. The molecule has 1 unspecified atom stereocenters. The van der Waals surface area contributed by atoms with Gasteiger partial charge in [-0.05, 0) is 35.0 Å². The topological polar surface area (TPSA) is 21.3 Å². The summed E-state index contributed by atoms with van der Waals surface area (Å²) in [7, 11) is 1.71. The number of rotatable bonds is 7. The highest BCUT2D eigenvalue weighted by Gasteiger charge is 2.07. The van der Waals surface area contributed by atoms with Gasteiger partial charge in [-0.15, -0.1) is 0 Å². The highest BCUT2D eigenvalue weighted by atomic mass is 79.9. The van der Waals surface area contributed by atoms with Crippen molar-refractivity contribution in [1.29, 1.82) is 0 Å². The first-order valence-corrected chi connectivity index (χ1v) is 8.21. The second kappa shape index (κ2) is 8.16. The van der Waals surface area contributed by atoms with Crippen molar-refractivity contribution in [3.8, 4) is 16.9 Å². The van der Waals surface area contributed by atoms with E-state index in [9.17, 15) is 0 Å². The molecule has 1 N–H and O–H groups in total. The number of nitrogens with one attached hydrogen (secondary N) is 1. The Morgan fingerprint density at radius 1 is 1.18 bits per heavy atom. The maximum absolute atomic E-state index is 5.43. The van der Waals surface area contributed by atoms with Crippen LogP contribution in [0.5, 0.6) is 5.75 Å². The zero-order chi connectivity index (χ0) is 15.9. The van der Waals surface area contributed by atoms with Crippen LogP contribution in [0.2, 0.25) is 0 Å². The summed E-state index contributed by atoms with van der Waals surface area (Å²) < 4.78 is 6.45. The fraction of sp³-hybridized carbons (Fsp3) is 0.263. The first kappa shape index (κ1) is 16.8. The van der Waals surface area contributed by atoms with Gasteiger partial charge in [-0.3, -0.25) is 0 Å². The Labute approximate surface area is 141 Å². The molecule has 2 nitrogen and oxygen atoms in total. The van der Waals surface area contributed by atoms with Crippen molar-refractivity contribution < 1.29 is 4.74 Å². The van der Waals surface area contributed by atoms with Crippen LogP contribution >= 0.6 is 15.9 Å². The van der Waals surface area contributed by atoms with E-state index >= 15 is 0 Å². The molecule has 0 aliphatic heterocycles. The third-order valence-electron chi connectivity index (χ3n) is 3.68. The van der Waals surface area contributed by atoms with Crippen LogP contribution in [0.4, 0.5) is 0 Å². The molecular weight excluding hydrogens is 338 g/mol. The number of hydrogen-bond acceptors (Lipinski definition) is 2. The molecule has 22 heavy (non-hydrogen) atoms. The predicted octanol–water partition coefficient (Wildman–Crippen LogP) is 5.31. The highest BCUT2D eigenvalue weighted by Crippen LogP contribution is 2.30. The molecule has 2 rings (SSSR count). The van der Waals surface area contributed by atoms with E-state index in [1.807, 2.05) is 18.2 Å². The molecule has 1 atom stereocenters. The highest BCUT2D eigenvalue weighted by molar-refractivity contribution is 9.11. The number of methoxy groups -OCH3 is 1. The summed E-state index contributed by atoms with van der Waals surface area (Å²) in [6, 6.07) is 17.0. The van der Waals surface area contributed by atoms with Gasteiger partial charge in [0.15, 0.2) is 0 Å². The fourth-order valence-electron chi connectivity index (χ4n) is 2.38. The van der Waals surface area contributed by atoms with E-state index in [1.165, 1.54) is 11.1 Å². The van der Waals surface area contributed by atoms with Gasteiger partial charge >= 0.3 is 0 Å². The van der Waals surface area contributed by atoms with Crippen LogP contribution in [-0.4, -0.2) is 13.7 Å². The third kappa shape index (κ3) is 4.46. The first-order chi connectivity index (χ1) is 10.6. The molecule has 3 heteroatoms. The zero-order valence-corrected chi connectivity index (χ0v) is 14.7. The Morgan fingerprint density at radius 3 is 2.50 bits per heavy atom. The molecule has 0 radical (unpaired) electrons. The van der Waals surface area contributed by atoms with Crippen LogP contribution in [0.25, 0.3) is 11.1 Å². The Morgan fingerprint density at radius 2 is 1.86 bits per heavy atom. The quantitative estimate of drug-likeness (QED) is 0.722. The molecule has 0 fully saturated rings. The number of halogens is 1. The van der Waals surface area contributed by atoms with Crippen LogP contribution in [0.15, 0.2) is 59.6 Å². The lowest BCUT2D eigenvalue weighted by Crippen LogP contribution is -2.19. The van der Waals surface area contributed by atoms with Gasteiger partial charge in [0, 0.05) is 18.2 Å². The van der Waals surface area contributed by atoms with E-state index in [2.05, 4.69) is 65.1 Å². The number of para-hydroxylation sites is 1. The van der Waals surface area contributed by atoms with Gasteiger partial charge in [-0.2, -0.15) is 0 Å². The summed E-state index contributed by atoms with van der Waals surface area (Å²) in [4.78, 5) is 0. The molecule has 0 bridgehead atoms. The largest absolute Gasteiger partial charge is 0.496 e. The second-order valence-corrected chi connectivity index (χ2v) is 6.39. The van der Waals surface area contributed by atoms with Crippen LogP contribution < -0.4 is 10.1 Å². The fourth-order valence-corrected chi connectivity index (χ4v) is 2.57. The van der Waals surface area contributed by atoms with E-state index in [4.69, 9.17) is 4.74 Å². The second-order valence-electron chi connectivity index (χ2n) is 5.27. The van der Waals surface area contributed by atoms with Gasteiger partial charge in [-0.25, -0.2) is 0 Å². The summed E-state index contributed by atoms with van der Waals surface area (Å²) in [5.74, 6) is 0.900. The molecule has 0 spiro atoms. The summed E-state index contributed by atoms with van der Waals surface area (Å²) in [5, 5.41) is 3.50. The minimum Gasteiger partial charge on any atom is -0.496 e.